The predicted octanol–water partition coefficient (Wildman–Crippen LogP) is 6.54. The van der Waals surface area contributed by atoms with Crippen LogP contribution in [0.5, 0.6) is 0 Å². The van der Waals surface area contributed by atoms with E-state index in [0.717, 1.165) is 5.56 Å². The minimum Gasteiger partial charge on any atom is -0.387 e. The minimum atomic E-state index is -0.495. The second-order valence-electron chi connectivity index (χ2n) is 8.42. The number of hydrogen-bond acceptors (Lipinski definition) is 1. The highest BCUT2D eigenvalue weighted by Gasteiger charge is 2.43. The first-order valence-corrected chi connectivity index (χ1v) is 10.1. The van der Waals surface area contributed by atoms with Crippen LogP contribution in [0, 0.1) is 0 Å². The van der Waals surface area contributed by atoms with E-state index in [1.165, 1.54) is 5.56 Å². The average molecular weight is 342 g/mol. The van der Waals surface area contributed by atoms with Crippen LogP contribution in [-0.2, 0) is 0 Å². The summed E-state index contributed by atoms with van der Waals surface area (Å²) in [5.74, 6) is 0. The molecule has 0 amide bonds. The maximum Gasteiger partial charge on any atom is 0.0898 e. The Labute approximate surface area is 148 Å². The fraction of sp³-hybridized carbons (Fsp3) is 0.455. The highest BCUT2D eigenvalue weighted by molar-refractivity contribution is 7.61. The van der Waals surface area contributed by atoms with Crippen LogP contribution in [0.1, 0.15) is 64.4 Å². The Hall–Kier alpha value is -1.17. The summed E-state index contributed by atoms with van der Waals surface area (Å²) >= 11 is 0. The summed E-state index contributed by atoms with van der Waals surface area (Å²) in [5.41, 5.74) is 2.36. The molecule has 24 heavy (non-hydrogen) atoms. The monoisotopic (exact) mass is 342 g/mol. The molecule has 0 saturated carbocycles. The largest absolute Gasteiger partial charge is 0.387 e. The molecule has 2 unspecified atom stereocenters. The van der Waals surface area contributed by atoms with Gasteiger partial charge in [0.25, 0.3) is 0 Å². The Morgan fingerprint density at radius 1 is 0.667 bits per heavy atom. The van der Waals surface area contributed by atoms with Crippen molar-refractivity contribution in [2.45, 2.75) is 63.6 Å². The number of aliphatic hydroxyl groups is 1. The van der Waals surface area contributed by atoms with E-state index in [1.807, 2.05) is 36.4 Å². The lowest BCUT2D eigenvalue weighted by Crippen LogP contribution is -2.30. The van der Waals surface area contributed by atoms with Gasteiger partial charge in [0.15, 0.2) is 0 Å². The fourth-order valence-corrected chi connectivity index (χ4v) is 8.40. The molecule has 2 atom stereocenters. The van der Waals surface area contributed by atoms with Crippen molar-refractivity contribution in [2.24, 2.45) is 0 Å². The molecule has 0 fully saturated rings. The van der Waals surface area contributed by atoms with Gasteiger partial charge >= 0.3 is 0 Å². The van der Waals surface area contributed by atoms with Crippen LogP contribution in [0.2, 0.25) is 0 Å². The first kappa shape index (κ1) is 19.2. The standard InChI is InChI=1S/C22H31OP/c1-21(2,3)24(22(4,5)6)20(18-15-11-8-12-16-18)19(23)17-13-9-7-10-14-17/h7-16,19-20,23H,1-6H3. The van der Waals surface area contributed by atoms with Gasteiger partial charge in [-0.3, -0.25) is 0 Å². The van der Waals surface area contributed by atoms with E-state index in [2.05, 4.69) is 65.8 Å². The number of aliphatic hydroxyl groups excluding tert-OH is 1. The molecule has 2 rings (SSSR count). The molecule has 0 aliphatic heterocycles. The summed E-state index contributed by atoms with van der Waals surface area (Å²) in [6.07, 6.45) is -0.488. The lowest BCUT2D eigenvalue weighted by molar-refractivity contribution is 0.171. The third-order valence-electron chi connectivity index (χ3n) is 4.30. The van der Waals surface area contributed by atoms with Crippen molar-refractivity contribution in [3.63, 3.8) is 0 Å². The minimum absolute atomic E-state index is 0.114. The van der Waals surface area contributed by atoms with Gasteiger partial charge in [0.05, 0.1) is 6.10 Å². The quantitative estimate of drug-likeness (QED) is 0.625. The molecular weight excluding hydrogens is 311 g/mol. The highest BCUT2D eigenvalue weighted by Crippen LogP contribution is 2.70. The van der Waals surface area contributed by atoms with Crippen LogP contribution in [-0.4, -0.2) is 15.4 Å². The Morgan fingerprint density at radius 2 is 1.04 bits per heavy atom. The summed E-state index contributed by atoms with van der Waals surface area (Å²) < 4.78 is 0. The Kier molecular flexibility index (Phi) is 5.89. The lowest BCUT2D eigenvalue weighted by atomic mass is 10.0. The fourth-order valence-electron chi connectivity index (χ4n) is 3.80. The van der Waals surface area contributed by atoms with Crippen LogP contribution < -0.4 is 0 Å². The maximum absolute atomic E-state index is 11.3. The summed E-state index contributed by atoms with van der Waals surface area (Å²) in [4.78, 5) is 0. The van der Waals surface area contributed by atoms with Gasteiger partial charge in [-0.2, -0.15) is 0 Å². The van der Waals surface area contributed by atoms with Crippen molar-refractivity contribution >= 4 is 7.92 Å². The van der Waals surface area contributed by atoms with Crippen molar-refractivity contribution in [1.82, 2.24) is 0 Å². The van der Waals surface area contributed by atoms with E-state index in [-0.39, 0.29) is 16.0 Å². The van der Waals surface area contributed by atoms with Crippen LogP contribution in [0.3, 0.4) is 0 Å². The molecule has 0 bridgehead atoms. The Morgan fingerprint density at radius 3 is 1.42 bits per heavy atom. The normalized spacial score (nSPS) is 15.3. The molecule has 0 aromatic heterocycles. The number of hydrogen-bond donors (Lipinski definition) is 1. The van der Waals surface area contributed by atoms with E-state index in [9.17, 15) is 5.11 Å². The van der Waals surface area contributed by atoms with Crippen LogP contribution in [0.15, 0.2) is 60.7 Å². The van der Waals surface area contributed by atoms with Crippen LogP contribution in [0.25, 0.3) is 0 Å². The summed E-state index contributed by atoms with van der Waals surface area (Å²) in [7, 11) is -0.495. The Balaban J connectivity index is 2.58. The molecular formula is C22H31OP. The van der Waals surface area contributed by atoms with Gasteiger partial charge in [-0.15, -0.1) is 0 Å². The van der Waals surface area contributed by atoms with Crippen LogP contribution in [0.4, 0.5) is 0 Å². The lowest BCUT2D eigenvalue weighted by Gasteiger charge is -2.48. The smallest absolute Gasteiger partial charge is 0.0898 e. The van der Waals surface area contributed by atoms with Crippen molar-refractivity contribution in [3.05, 3.63) is 71.8 Å². The molecule has 2 aromatic rings. The molecule has 0 aliphatic carbocycles. The van der Waals surface area contributed by atoms with E-state index in [0.29, 0.717) is 0 Å². The summed E-state index contributed by atoms with van der Waals surface area (Å²) in [6.45, 7) is 13.9. The van der Waals surface area contributed by atoms with E-state index < -0.39 is 14.0 Å². The first-order valence-electron chi connectivity index (χ1n) is 8.70. The second-order valence-corrected chi connectivity index (χ2v) is 12.4. The summed E-state index contributed by atoms with van der Waals surface area (Å²) in [5, 5.41) is 11.6. The van der Waals surface area contributed by atoms with Gasteiger partial charge in [-0.1, -0.05) is 110 Å². The van der Waals surface area contributed by atoms with E-state index in [1.54, 1.807) is 0 Å². The topological polar surface area (TPSA) is 20.2 Å². The molecule has 0 saturated heterocycles. The first-order chi connectivity index (χ1) is 11.1. The molecule has 0 heterocycles. The average Bonchev–Trinajstić information content (AvgIpc) is 2.51. The highest BCUT2D eigenvalue weighted by atomic mass is 31.1. The van der Waals surface area contributed by atoms with Crippen molar-refractivity contribution < 1.29 is 5.11 Å². The summed E-state index contributed by atoms with van der Waals surface area (Å²) in [6, 6.07) is 20.7. The molecule has 0 radical (unpaired) electrons. The number of benzene rings is 2. The van der Waals surface area contributed by atoms with Crippen LogP contribution >= 0.6 is 7.92 Å². The Bertz CT molecular complexity index is 609. The molecule has 2 aromatic carbocycles. The zero-order valence-corrected chi connectivity index (χ0v) is 16.7. The third-order valence-corrected chi connectivity index (χ3v) is 8.33. The molecule has 0 aliphatic rings. The van der Waals surface area contributed by atoms with E-state index in [4.69, 9.17) is 0 Å². The molecule has 1 nitrogen and oxygen atoms in total. The zero-order valence-electron chi connectivity index (χ0n) is 15.8. The van der Waals surface area contributed by atoms with Gasteiger partial charge in [0.2, 0.25) is 0 Å². The van der Waals surface area contributed by atoms with Gasteiger partial charge in [-0.05, 0) is 21.4 Å². The predicted molar refractivity (Wildman–Crippen MR) is 107 cm³/mol. The van der Waals surface area contributed by atoms with Gasteiger partial charge in [0.1, 0.15) is 0 Å². The van der Waals surface area contributed by atoms with Crippen molar-refractivity contribution in [1.29, 1.82) is 0 Å². The molecule has 0 spiro atoms. The van der Waals surface area contributed by atoms with Crippen molar-refractivity contribution in [2.75, 3.05) is 0 Å². The maximum atomic E-state index is 11.3. The number of rotatable bonds is 4. The van der Waals surface area contributed by atoms with Crippen molar-refractivity contribution in [3.8, 4) is 0 Å². The molecule has 2 heteroatoms. The molecule has 1 N–H and O–H groups in total. The van der Waals surface area contributed by atoms with Gasteiger partial charge in [0, 0.05) is 5.66 Å². The third kappa shape index (κ3) is 4.47. The van der Waals surface area contributed by atoms with Gasteiger partial charge in [-0.25, -0.2) is 0 Å². The second kappa shape index (κ2) is 7.38. The molecule has 130 valence electrons. The SMILES string of the molecule is CC(C)(C)P(C(c1ccccc1)C(O)c1ccccc1)C(C)(C)C. The van der Waals surface area contributed by atoms with Gasteiger partial charge < -0.3 is 5.11 Å². The zero-order chi connectivity index (χ0) is 18.0. The van der Waals surface area contributed by atoms with E-state index >= 15 is 0 Å².